The molecule has 0 aliphatic carbocycles. The van der Waals surface area contributed by atoms with E-state index < -0.39 is 11.7 Å². The van der Waals surface area contributed by atoms with Gasteiger partial charge in [0, 0.05) is 9.80 Å². The highest BCUT2D eigenvalue weighted by molar-refractivity contribution is 9.10. The standard InChI is InChI=1S/C14H8Br2ClF3O/c15-7-8-1-3-10(6-11(8)14(18,19)20)21-13-5-9(16)2-4-12(13)17/h1-6H,7H2. The largest absolute Gasteiger partial charge is 0.456 e. The Labute approximate surface area is 141 Å². The Hall–Kier alpha value is -0.720. The molecule has 0 spiro atoms. The zero-order chi connectivity index (χ0) is 15.6. The van der Waals surface area contributed by atoms with Gasteiger partial charge < -0.3 is 4.74 Å². The summed E-state index contributed by atoms with van der Waals surface area (Å²) in [6.07, 6.45) is -4.44. The highest BCUT2D eigenvalue weighted by Crippen LogP contribution is 2.38. The lowest BCUT2D eigenvalue weighted by molar-refractivity contribution is -0.138. The summed E-state index contributed by atoms with van der Waals surface area (Å²) in [6.45, 7) is 0. The lowest BCUT2D eigenvalue weighted by Crippen LogP contribution is -2.08. The van der Waals surface area contributed by atoms with Crippen LogP contribution in [-0.2, 0) is 11.5 Å². The van der Waals surface area contributed by atoms with Crippen LogP contribution < -0.4 is 4.74 Å². The molecule has 0 saturated carbocycles. The molecule has 0 amide bonds. The molecule has 0 heterocycles. The molecule has 0 N–H and O–H groups in total. The van der Waals surface area contributed by atoms with E-state index in [9.17, 15) is 13.2 Å². The minimum atomic E-state index is -4.44. The van der Waals surface area contributed by atoms with Crippen LogP contribution in [0.25, 0.3) is 0 Å². The molecule has 2 aromatic rings. The first-order valence-electron chi connectivity index (χ1n) is 5.70. The Balaban J connectivity index is 2.39. The van der Waals surface area contributed by atoms with Crippen molar-refractivity contribution >= 4 is 43.5 Å². The Morgan fingerprint density at radius 2 is 1.81 bits per heavy atom. The second kappa shape index (κ2) is 6.58. The molecule has 0 bridgehead atoms. The van der Waals surface area contributed by atoms with Gasteiger partial charge in [-0.2, -0.15) is 13.2 Å². The summed E-state index contributed by atoms with van der Waals surface area (Å²) in [7, 11) is 0. The van der Waals surface area contributed by atoms with Gasteiger partial charge >= 0.3 is 6.18 Å². The molecule has 0 fully saturated rings. The molecule has 1 nitrogen and oxygen atoms in total. The number of rotatable bonds is 3. The molecular formula is C14H8Br2ClF3O. The van der Waals surface area contributed by atoms with E-state index in [2.05, 4.69) is 31.9 Å². The summed E-state index contributed by atoms with van der Waals surface area (Å²) in [5, 5.41) is 0.427. The van der Waals surface area contributed by atoms with Gasteiger partial charge in [0.1, 0.15) is 11.5 Å². The van der Waals surface area contributed by atoms with Gasteiger partial charge in [-0.05, 0) is 35.9 Å². The Morgan fingerprint density at radius 3 is 2.43 bits per heavy atom. The lowest BCUT2D eigenvalue weighted by Gasteiger charge is -2.14. The maximum atomic E-state index is 13.0. The van der Waals surface area contributed by atoms with E-state index in [1.54, 1.807) is 18.2 Å². The number of hydrogen-bond acceptors (Lipinski definition) is 1. The minimum absolute atomic E-state index is 0.0759. The van der Waals surface area contributed by atoms with Gasteiger partial charge in [-0.15, -0.1) is 0 Å². The van der Waals surface area contributed by atoms with Crippen LogP contribution in [0.1, 0.15) is 11.1 Å². The molecule has 2 rings (SSSR count). The molecule has 21 heavy (non-hydrogen) atoms. The minimum Gasteiger partial charge on any atom is -0.456 e. The van der Waals surface area contributed by atoms with E-state index in [1.165, 1.54) is 12.1 Å². The fourth-order valence-corrected chi connectivity index (χ4v) is 2.67. The van der Waals surface area contributed by atoms with Crippen LogP contribution in [0.4, 0.5) is 13.2 Å². The zero-order valence-corrected chi connectivity index (χ0v) is 14.3. The maximum absolute atomic E-state index is 13.0. The summed E-state index contributed by atoms with van der Waals surface area (Å²) in [6, 6.07) is 8.71. The third-order valence-electron chi connectivity index (χ3n) is 2.65. The molecule has 7 heteroatoms. The second-order valence-corrected chi connectivity index (χ2v) is 6.01. The highest BCUT2D eigenvalue weighted by atomic mass is 79.9. The van der Waals surface area contributed by atoms with Crippen LogP contribution in [0.3, 0.4) is 0 Å². The molecule has 0 aliphatic rings. The topological polar surface area (TPSA) is 9.23 Å². The monoisotopic (exact) mass is 442 g/mol. The first-order valence-corrected chi connectivity index (χ1v) is 7.99. The van der Waals surface area contributed by atoms with Crippen molar-refractivity contribution in [2.75, 3.05) is 0 Å². The quantitative estimate of drug-likeness (QED) is 0.473. The Kier molecular flexibility index (Phi) is 5.22. The van der Waals surface area contributed by atoms with Gasteiger partial charge in [-0.1, -0.05) is 49.5 Å². The molecular weight excluding hydrogens is 436 g/mol. The average Bonchev–Trinajstić information content (AvgIpc) is 2.42. The predicted molar refractivity (Wildman–Crippen MR) is 83.3 cm³/mol. The van der Waals surface area contributed by atoms with Crippen molar-refractivity contribution in [1.29, 1.82) is 0 Å². The highest BCUT2D eigenvalue weighted by Gasteiger charge is 2.33. The van der Waals surface area contributed by atoms with Crippen LogP contribution in [-0.4, -0.2) is 0 Å². The number of halogens is 6. The van der Waals surface area contributed by atoms with Crippen molar-refractivity contribution in [1.82, 2.24) is 0 Å². The molecule has 0 saturated heterocycles. The van der Waals surface area contributed by atoms with Crippen molar-refractivity contribution in [2.45, 2.75) is 11.5 Å². The van der Waals surface area contributed by atoms with Gasteiger partial charge in [0.2, 0.25) is 0 Å². The number of hydrogen-bond donors (Lipinski definition) is 0. The van der Waals surface area contributed by atoms with E-state index in [0.29, 0.717) is 5.02 Å². The van der Waals surface area contributed by atoms with Crippen LogP contribution in [0.5, 0.6) is 11.5 Å². The smallest absolute Gasteiger partial charge is 0.416 e. The van der Waals surface area contributed by atoms with Gasteiger partial charge in [-0.25, -0.2) is 0 Å². The van der Waals surface area contributed by atoms with Crippen LogP contribution in [0.2, 0.25) is 5.02 Å². The van der Waals surface area contributed by atoms with Crippen molar-refractivity contribution in [2.24, 2.45) is 0 Å². The van der Waals surface area contributed by atoms with Crippen molar-refractivity contribution in [3.8, 4) is 11.5 Å². The van der Waals surface area contributed by atoms with Crippen molar-refractivity contribution in [3.63, 3.8) is 0 Å². The molecule has 0 unspecified atom stereocenters. The molecule has 0 atom stereocenters. The van der Waals surface area contributed by atoms with Gasteiger partial charge in [0.05, 0.1) is 10.6 Å². The first kappa shape index (κ1) is 16.6. The third-order valence-corrected chi connectivity index (χ3v) is 4.06. The van der Waals surface area contributed by atoms with E-state index in [0.717, 1.165) is 10.5 Å². The first-order chi connectivity index (χ1) is 9.81. The molecule has 0 aromatic heterocycles. The molecule has 0 aliphatic heterocycles. The lowest BCUT2D eigenvalue weighted by atomic mass is 10.1. The second-order valence-electron chi connectivity index (χ2n) is 4.13. The van der Waals surface area contributed by atoms with Crippen molar-refractivity contribution < 1.29 is 17.9 Å². The van der Waals surface area contributed by atoms with E-state index >= 15 is 0 Å². The fourth-order valence-electron chi connectivity index (χ4n) is 1.68. The number of benzene rings is 2. The van der Waals surface area contributed by atoms with Crippen LogP contribution in [0.15, 0.2) is 40.9 Å². The summed E-state index contributed by atoms with van der Waals surface area (Å²) in [5.41, 5.74) is -0.585. The SMILES string of the molecule is FC(F)(F)c1cc(Oc2cc(Br)ccc2Cl)ccc1CBr. The maximum Gasteiger partial charge on any atom is 0.416 e. The normalized spacial score (nSPS) is 11.5. The Bertz CT molecular complexity index is 659. The number of alkyl halides is 4. The van der Waals surface area contributed by atoms with Gasteiger partial charge in [-0.3, -0.25) is 0 Å². The summed E-state index contributed by atoms with van der Waals surface area (Å²) < 4.78 is 45.1. The molecule has 112 valence electrons. The molecule has 2 aromatic carbocycles. The van der Waals surface area contributed by atoms with E-state index in [1.807, 2.05) is 0 Å². The summed E-state index contributed by atoms with van der Waals surface area (Å²) >= 11 is 12.3. The third kappa shape index (κ3) is 4.14. The van der Waals surface area contributed by atoms with Gasteiger partial charge in [0.15, 0.2) is 0 Å². The van der Waals surface area contributed by atoms with Crippen molar-refractivity contribution in [3.05, 3.63) is 57.0 Å². The zero-order valence-electron chi connectivity index (χ0n) is 10.3. The average molecular weight is 444 g/mol. The van der Waals surface area contributed by atoms with E-state index in [-0.39, 0.29) is 22.4 Å². The van der Waals surface area contributed by atoms with Crippen LogP contribution >= 0.6 is 43.5 Å². The number of ether oxygens (including phenoxy) is 1. The Morgan fingerprint density at radius 1 is 1.10 bits per heavy atom. The van der Waals surface area contributed by atoms with E-state index in [4.69, 9.17) is 16.3 Å². The summed E-state index contributed by atoms with van der Waals surface area (Å²) in [4.78, 5) is 0. The van der Waals surface area contributed by atoms with Gasteiger partial charge in [0.25, 0.3) is 0 Å². The van der Waals surface area contributed by atoms with Crippen LogP contribution in [0, 0.1) is 0 Å². The summed E-state index contributed by atoms with van der Waals surface area (Å²) in [5.74, 6) is 0.359. The fraction of sp³-hybridized carbons (Fsp3) is 0.143. The predicted octanol–water partition coefficient (Wildman–Crippen LogP) is 6.81. The molecule has 0 radical (unpaired) electrons.